The summed E-state index contributed by atoms with van der Waals surface area (Å²) in [5, 5.41) is 9.93. The van der Waals surface area contributed by atoms with Crippen molar-refractivity contribution in [3.05, 3.63) is 23.8 Å². The summed E-state index contributed by atoms with van der Waals surface area (Å²) in [6.45, 7) is 15.0. The Balaban J connectivity index is 1.88. The monoisotopic (exact) mass is 408 g/mol. The molecule has 0 amide bonds. The molecule has 29 heavy (non-hydrogen) atoms. The molecule has 0 saturated carbocycles. The van der Waals surface area contributed by atoms with Crippen LogP contribution in [0.1, 0.15) is 74.1 Å². The van der Waals surface area contributed by atoms with Gasteiger partial charge in [-0.25, -0.2) is 0 Å². The van der Waals surface area contributed by atoms with Crippen molar-refractivity contribution in [1.29, 1.82) is 0 Å². The van der Waals surface area contributed by atoms with Crippen molar-refractivity contribution >= 4 is 0 Å². The number of methoxy groups -OCH3 is 1. The Labute approximate surface area is 178 Å². The highest BCUT2D eigenvalue weighted by Gasteiger charge is 2.56. The van der Waals surface area contributed by atoms with Crippen molar-refractivity contribution in [2.24, 2.45) is 17.8 Å². The standard InChI is InChI=1S/C25H44O4/c1-9-21-14-13-18(4)22(28-21)17(3)12-10-11-16(2)15-25(7)24(29-25)19(5)23(27-8)20(6)26/h10-12,16,18-24,26H,9,13-15H2,1-8H3/b11-10+,17-12+/t16-,18+,19-,20-,21+,22-,23-,24-,25+/m1/s1. The molecule has 2 aliphatic rings. The molecule has 0 bridgehead atoms. The van der Waals surface area contributed by atoms with Gasteiger partial charge in [0.15, 0.2) is 0 Å². The van der Waals surface area contributed by atoms with Crippen LogP contribution in [-0.4, -0.2) is 48.3 Å². The SMILES string of the molecule is CC[C@H]1CC[C@H](C)[C@@H](/C(C)=C/C=C/[C@@H](C)C[C@]2(C)O[C@@H]2[C@H](C)[C@@H](OC)[C@@H](C)O)O1. The summed E-state index contributed by atoms with van der Waals surface area (Å²) in [7, 11) is 1.66. The van der Waals surface area contributed by atoms with Crippen molar-refractivity contribution in [2.45, 2.75) is 110 Å². The quantitative estimate of drug-likeness (QED) is 0.394. The summed E-state index contributed by atoms with van der Waals surface area (Å²) in [5.41, 5.74) is 1.18. The lowest BCUT2D eigenvalue weighted by molar-refractivity contribution is -0.0603. The molecule has 168 valence electrons. The smallest absolute Gasteiger partial charge is 0.0929 e. The Bertz CT molecular complexity index is 569. The fraction of sp³-hybridized carbons (Fsp3) is 0.840. The predicted octanol–water partition coefficient (Wildman–Crippen LogP) is 5.30. The Morgan fingerprint density at radius 1 is 1.28 bits per heavy atom. The van der Waals surface area contributed by atoms with E-state index in [0.717, 1.165) is 12.8 Å². The number of aliphatic hydroxyl groups is 1. The van der Waals surface area contributed by atoms with Gasteiger partial charge >= 0.3 is 0 Å². The Morgan fingerprint density at radius 3 is 2.55 bits per heavy atom. The van der Waals surface area contributed by atoms with Crippen molar-refractivity contribution in [2.75, 3.05) is 7.11 Å². The largest absolute Gasteiger partial charge is 0.391 e. The lowest BCUT2D eigenvalue weighted by atomic mass is 9.85. The lowest BCUT2D eigenvalue weighted by Gasteiger charge is -2.35. The minimum atomic E-state index is -0.495. The molecule has 0 aromatic heterocycles. The molecule has 4 heteroatoms. The van der Waals surface area contributed by atoms with E-state index in [0.29, 0.717) is 17.9 Å². The maximum atomic E-state index is 9.93. The Hall–Kier alpha value is -0.680. The normalized spacial score (nSPS) is 37.3. The van der Waals surface area contributed by atoms with E-state index >= 15 is 0 Å². The van der Waals surface area contributed by atoms with E-state index in [4.69, 9.17) is 14.2 Å². The highest BCUT2D eigenvalue weighted by molar-refractivity contribution is 5.17. The summed E-state index contributed by atoms with van der Waals surface area (Å²) in [5.74, 6) is 1.17. The molecule has 4 nitrogen and oxygen atoms in total. The summed E-state index contributed by atoms with van der Waals surface area (Å²) >= 11 is 0. The van der Waals surface area contributed by atoms with E-state index in [1.165, 1.54) is 18.4 Å². The molecule has 0 radical (unpaired) electrons. The van der Waals surface area contributed by atoms with Gasteiger partial charge in [0, 0.05) is 13.0 Å². The second kappa shape index (κ2) is 10.6. The molecule has 2 saturated heterocycles. The molecular weight excluding hydrogens is 364 g/mol. The van der Waals surface area contributed by atoms with Crippen LogP contribution in [0.2, 0.25) is 0 Å². The van der Waals surface area contributed by atoms with Gasteiger partial charge in [0.2, 0.25) is 0 Å². The molecule has 0 aromatic rings. The maximum absolute atomic E-state index is 9.93. The zero-order valence-electron chi connectivity index (χ0n) is 19.9. The van der Waals surface area contributed by atoms with E-state index in [1.807, 2.05) is 0 Å². The molecule has 1 N–H and O–H groups in total. The number of rotatable bonds is 10. The van der Waals surface area contributed by atoms with E-state index in [2.05, 4.69) is 59.8 Å². The summed E-state index contributed by atoms with van der Waals surface area (Å²) in [4.78, 5) is 0. The molecule has 2 aliphatic heterocycles. The van der Waals surface area contributed by atoms with Crippen LogP contribution in [0.15, 0.2) is 23.8 Å². The summed E-state index contributed by atoms with van der Waals surface area (Å²) in [6, 6.07) is 0. The third kappa shape index (κ3) is 6.40. The molecule has 0 spiro atoms. The van der Waals surface area contributed by atoms with Crippen LogP contribution in [0.4, 0.5) is 0 Å². The first-order chi connectivity index (χ1) is 13.6. The van der Waals surface area contributed by atoms with E-state index in [1.54, 1.807) is 14.0 Å². The number of allylic oxidation sites excluding steroid dienone is 3. The van der Waals surface area contributed by atoms with Crippen molar-refractivity contribution in [3.63, 3.8) is 0 Å². The van der Waals surface area contributed by atoms with Crippen LogP contribution < -0.4 is 0 Å². The van der Waals surface area contributed by atoms with Crippen LogP contribution in [0.3, 0.4) is 0 Å². The van der Waals surface area contributed by atoms with E-state index < -0.39 is 6.10 Å². The fourth-order valence-electron chi connectivity index (χ4n) is 5.17. The first-order valence-electron chi connectivity index (χ1n) is 11.5. The average molecular weight is 409 g/mol. The molecule has 9 atom stereocenters. The topological polar surface area (TPSA) is 51.2 Å². The zero-order chi connectivity index (χ0) is 21.8. The van der Waals surface area contributed by atoms with Gasteiger partial charge in [-0.3, -0.25) is 0 Å². The highest BCUT2D eigenvalue weighted by Crippen LogP contribution is 2.47. The van der Waals surface area contributed by atoms with Gasteiger partial charge in [-0.2, -0.15) is 0 Å². The molecule has 0 aliphatic carbocycles. The van der Waals surface area contributed by atoms with Crippen LogP contribution in [0.25, 0.3) is 0 Å². The third-order valence-corrected chi connectivity index (χ3v) is 6.91. The minimum absolute atomic E-state index is 0.136. The van der Waals surface area contributed by atoms with Crippen molar-refractivity contribution in [3.8, 4) is 0 Å². The molecule has 2 fully saturated rings. The van der Waals surface area contributed by atoms with Crippen molar-refractivity contribution < 1.29 is 19.3 Å². The molecule has 2 heterocycles. The summed E-state index contributed by atoms with van der Waals surface area (Å²) in [6.07, 6.45) is 11.3. The average Bonchev–Trinajstić information content (AvgIpc) is 3.32. The van der Waals surface area contributed by atoms with Gasteiger partial charge < -0.3 is 19.3 Å². The van der Waals surface area contributed by atoms with Crippen molar-refractivity contribution in [1.82, 2.24) is 0 Å². The van der Waals surface area contributed by atoms with Gasteiger partial charge in [-0.05, 0) is 63.9 Å². The number of aliphatic hydroxyl groups excluding tert-OH is 1. The molecular formula is C25H44O4. The first kappa shape index (κ1) is 24.6. The number of hydrogen-bond donors (Lipinski definition) is 1. The van der Waals surface area contributed by atoms with Gasteiger partial charge in [-0.15, -0.1) is 0 Å². The molecule has 0 aromatic carbocycles. The zero-order valence-corrected chi connectivity index (χ0v) is 19.9. The van der Waals surface area contributed by atoms with E-state index in [9.17, 15) is 5.11 Å². The summed E-state index contributed by atoms with van der Waals surface area (Å²) < 4.78 is 17.8. The number of epoxide rings is 1. The van der Waals surface area contributed by atoms with Gasteiger partial charge in [0.05, 0.1) is 36.1 Å². The van der Waals surface area contributed by atoms with Gasteiger partial charge in [0.25, 0.3) is 0 Å². The number of ether oxygens (including phenoxy) is 3. The predicted molar refractivity (Wildman–Crippen MR) is 119 cm³/mol. The fourth-order valence-corrected chi connectivity index (χ4v) is 5.17. The van der Waals surface area contributed by atoms with Crippen LogP contribution in [-0.2, 0) is 14.2 Å². The molecule has 0 unspecified atom stereocenters. The second-order valence-electron chi connectivity index (χ2n) is 9.77. The Kier molecular flexibility index (Phi) is 8.96. The minimum Gasteiger partial charge on any atom is -0.391 e. The molecule has 2 rings (SSSR count). The lowest BCUT2D eigenvalue weighted by Crippen LogP contribution is -2.36. The van der Waals surface area contributed by atoms with Crippen LogP contribution in [0.5, 0.6) is 0 Å². The van der Waals surface area contributed by atoms with Crippen LogP contribution in [0, 0.1) is 17.8 Å². The van der Waals surface area contributed by atoms with E-state index in [-0.39, 0.29) is 29.8 Å². The van der Waals surface area contributed by atoms with Crippen LogP contribution >= 0.6 is 0 Å². The number of hydrogen-bond acceptors (Lipinski definition) is 4. The Morgan fingerprint density at radius 2 is 1.97 bits per heavy atom. The van der Waals surface area contributed by atoms with Gasteiger partial charge in [-0.1, -0.05) is 45.9 Å². The highest BCUT2D eigenvalue weighted by atomic mass is 16.6. The van der Waals surface area contributed by atoms with Gasteiger partial charge in [0.1, 0.15) is 0 Å². The second-order valence-corrected chi connectivity index (χ2v) is 9.77. The maximum Gasteiger partial charge on any atom is 0.0929 e. The first-order valence-corrected chi connectivity index (χ1v) is 11.5. The third-order valence-electron chi connectivity index (χ3n) is 6.91.